The van der Waals surface area contributed by atoms with Gasteiger partial charge in [0.25, 0.3) is 0 Å². The summed E-state index contributed by atoms with van der Waals surface area (Å²) in [7, 11) is 0. The maximum atomic E-state index is 11.7. The number of hydrogen-bond acceptors (Lipinski definition) is 4. The van der Waals surface area contributed by atoms with Gasteiger partial charge in [0, 0.05) is 32.5 Å². The molecule has 0 heterocycles. The van der Waals surface area contributed by atoms with Crippen LogP contribution >= 0.6 is 27.5 Å². The van der Waals surface area contributed by atoms with Crippen molar-refractivity contribution < 1.29 is 9.59 Å². The van der Waals surface area contributed by atoms with Gasteiger partial charge in [-0.1, -0.05) is 27.5 Å². The van der Waals surface area contributed by atoms with E-state index in [1.54, 1.807) is 12.1 Å². The third-order valence-electron chi connectivity index (χ3n) is 3.96. The van der Waals surface area contributed by atoms with Gasteiger partial charge in [0.15, 0.2) is 0 Å². The third kappa shape index (κ3) is 5.55. The van der Waals surface area contributed by atoms with E-state index in [0.29, 0.717) is 10.6 Å². The zero-order chi connectivity index (χ0) is 19.4. The molecule has 6 nitrogen and oxygen atoms in total. The largest absolute Gasteiger partial charge is 0.355 e. The van der Waals surface area contributed by atoms with Crippen molar-refractivity contribution in [2.24, 2.45) is 5.10 Å². The van der Waals surface area contributed by atoms with Crippen LogP contribution in [-0.4, -0.2) is 24.1 Å². The fourth-order valence-electron chi connectivity index (χ4n) is 2.36. The van der Waals surface area contributed by atoms with Crippen molar-refractivity contribution in [1.29, 1.82) is 0 Å². The second-order valence-electron chi connectivity index (χ2n) is 6.26. The smallest absolute Gasteiger partial charge is 0.329 e. The van der Waals surface area contributed by atoms with E-state index in [2.05, 4.69) is 37.1 Å². The summed E-state index contributed by atoms with van der Waals surface area (Å²) in [6.07, 6.45) is 3.27. The molecule has 0 saturated heterocycles. The minimum absolute atomic E-state index is 0.116. The normalized spacial score (nSPS) is 13.4. The maximum absolute atomic E-state index is 11.7. The SMILES string of the molecule is Cc1cc(Br)ccc1Nc1ccc(Cl)cc1/C=N\NC(=O)C(=O)NC1CC1. The van der Waals surface area contributed by atoms with Crippen molar-refractivity contribution in [2.45, 2.75) is 25.8 Å². The molecule has 3 rings (SSSR count). The van der Waals surface area contributed by atoms with Crippen molar-refractivity contribution in [3.63, 3.8) is 0 Å². The molecule has 1 aliphatic carbocycles. The third-order valence-corrected chi connectivity index (χ3v) is 4.69. The molecule has 2 amide bonds. The number of aryl methyl sites for hydroxylation is 1. The molecule has 0 aliphatic heterocycles. The van der Waals surface area contributed by atoms with E-state index in [1.165, 1.54) is 6.21 Å². The molecular formula is C19H18BrClN4O2. The molecule has 27 heavy (non-hydrogen) atoms. The Bertz CT molecular complexity index is 913. The maximum Gasteiger partial charge on any atom is 0.329 e. The van der Waals surface area contributed by atoms with Gasteiger partial charge >= 0.3 is 11.8 Å². The zero-order valence-corrected chi connectivity index (χ0v) is 16.9. The van der Waals surface area contributed by atoms with Crippen molar-refractivity contribution in [2.75, 3.05) is 5.32 Å². The average Bonchev–Trinajstić information content (AvgIpc) is 3.43. The molecule has 1 aliphatic rings. The van der Waals surface area contributed by atoms with Gasteiger partial charge in [-0.05, 0) is 61.7 Å². The lowest BCUT2D eigenvalue weighted by Gasteiger charge is -2.12. The second-order valence-corrected chi connectivity index (χ2v) is 7.61. The number of halogens is 2. The molecule has 3 N–H and O–H groups in total. The summed E-state index contributed by atoms with van der Waals surface area (Å²) < 4.78 is 0.996. The Labute approximate surface area is 170 Å². The predicted octanol–water partition coefficient (Wildman–Crippen LogP) is 3.88. The summed E-state index contributed by atoms with van der Waals surface area (Å²) in [5, 5.41) is 10.3. The topological polar surface area (TPSA) is 82.6 Å². The lowest BCUT2D eigenvalue weighted by atomic mass is 10.1. The molecule has 2 aromatic carbocycles. The van der Waals surface area contributed by atoms with E-state index >= 15 is 0 Å². The van der Waals surface area contributed by atoms with Crippen LogP contribution in [0.25, 0.3) is 0 Å². The van der Waals surface area contributed by atoms with E-state index in [-0.39, 0.29) is 6.04 Å². The quantitative estimate of drug-likeness (QED) is 0.368. The van der Waals surface area contributed by atoms with E-state index in [0.717, 1.165) is 34.3 Å². The molecule has 0 bridgehead atoms. The van der Waals surface area contributed by atoms with Gasteiger partial charge in [-0.2, -0.15) is 5.10 Å². The Morgan fingerprint density at radius 2 is 1.89 bits per heavy atom. The van der Waals surface area contributed by atoms with Gasteiger partial charge in [0.2, 0.25) is 0 Å². The fourth-order valence-corrected chi connectivity index (χ4v) is 3.01. The number of carbonyl (C=O) groups is 2. The lowest BCUT2D eigenvalue weighted by Crippen LogP contribution is -2.38. The summed E-state index contributed by atoms with van der Waals surface area (Å²) in [4.78, 5) is 23.4. The van der Waals surface area contributed by atoms with Crippen LogP contribution in [-0.2, 0) is 9.59 Å². The van der Waals surface area contributed by atoms with Gasteiger partial charge in [-0.15, -0.1) is 0 Å². The Kier molecular flexibility index (Phi) is 6.13. The highest BCUT2D eigenvalue weighted by molar-refractivity contribution is 9.10. The standard InChI is InChI=1S/C19H18BrClN4O2/c1-11-8-13(20)2-6-16(11)24-17-7-3-14(21)9-12(17)10-22-25-19(27)18(26)23-15-4-5-15/h2-3,6-10,15,24H,4-5H2,1H3,(H,23,26)(H,25,27)/b22-10-. The first-order valence-electron chi connectivity index (χ1n) is 8.39. The van der Waals surface area contributed by atoms with Crippen LogP contribution in [0.5, 0.6) is 0 Å². The number of anilines is 2. The molecule has 8 heteroatoms. The van der Waals surface area contributed by atoms with Crippen LogP contribution in [0.4, 0.5) is 11.4 Å². The van der Waals surface area contributed by atoms with E-state index in [1.807, 2.05) is 31.2 Å². The van der Waals surface area contributed by atoms with Crippen molar-refractivity contribution in [3.8, 4) is 0 Å². The number of carbonyl (C=O) groups excluding carboxylic acids is 2. The predicted molar refractivity (Wildman–Crippen MR) is 111 cm³/mol. The van der Waals surface area contributed by atoms with Crippen LogP contribution in [0.15, 0.2) is 46.0 Å². The molecule has 0 radical (unpaired) electrons. The Hall–Kier alpha value is -2.38. The summed E-state index contributed by atoms with van der Waals surface area (Å²) in [5.41, 5.74) is 5.67. The molecule has 0 atom stereocenters. The number of hydrazone groups is 1. The van der Waals surface area contributed by atoms with Gasteiger partial charge in [-0.25, -0.2) is 5.43 Å². The number of hydrogen-bond donors (Lipinski definition) is 3. The minimum Gasteiger partial charge on any atom is -0.355 e. The van der Waals surface area contributed by atoms with Crippen LogP contribution in [0, 0.1) is 6.92 Å². The highest BCUT2D eigenvalue weighted by atomic mass is 79.9. The first-order chi connectivity index (χ1) is 12.9. The van der Waals surface area contributed by atoms with Crippen LogP contribution in [0.2, 0.25) is 5.02 Å². The average molecular weight is 450 g/mol. The second kappa shape index (κ2) is 8.54. The summed E-state index contributed by atoms with van der Waals surface area (Å²) in [6.45, 7) is 2.00. The van der Waals surface area contributed by atoms with Gasteiger partial charge < -0.3 is 10.6 Å². The molecule has 0 unspecified atom stereocenters. The fraction of sp³-hybridized carbons (Fsp3) is 0.211. The zero-order valence-electron chi connectivity index (χ0n) is 14.6. The molecule has 0 spiro atoms. The van der Waals surface area contributed by atoms with Gasteiger partial charge in [-0.3, -0.25) is 9.59 Å². The number of amides is 2. The van der Waals surface area contributed by atoms with Gasteiger partial charge in [0.1, 0.15) is 0 Å². The first kappa shape index (κ1) is 19.4. The lowest BCUT2D eigenvalue weighted by molar-refractivity contribution is -0.139. The minimum atomic E-state index is -0.793. The van der Waals surface area contributed by atoms with E-state index in [9.17, 15) is 9.59 Å². The number of nitrogens with one attached hydrogen (secondary N) is 3. The van der Waals surface area contributed by atoms with Crippen LogP contribution in [0.3, 0.4) is 0 Å². The Morgan fingerprint density at radius 1 is 1.15 bits per heavy atom. The van der Waals surface area contributed by atoms with E-state index < -0.39 is 11.8 Å². The highest BCUT2D eigenvalue weighted by Crippen LogP contribution is 2.27. The summed E-state index contributed by atoms with van der Waals surface area (Å²) >= 11 is 9.53. The molecule has 140 valence electrons. The molecular weight excluding hydrogens is 432 g/mol. The number of nitrogens with zero attached hydrogens (tertiary/aromatic N) is 1. The Balaban J connectivity index is 1.71. The van der Waals surface area contributed by atoms with Crippen molar-refractivity contribution >= 4 is 56.9 Å². The number of benzene rings is 2. The van der Waals surface area contributed by atoms with Crippen molar-refractivity contribution in [1.82, 2.24) is 10.7 Å². The summed E-state index contributed by atoms with van der Waals surface area (Å²) in [6, 6.07) is 11.3. The van der Waals surface area contributed by atoms with E-state index in [4.69, 9.17) is 11.6 Å². The molecule has 1 fully saturated rings. The molecule has 1 saturated carbocycles. The highest BCUT2D eigenvalue weighted by Gasteiger charge is 2.26. The van der Waals surface area contributed by atoms with Gasteiger partial charge in [0.05, 0.1) is 6.21 Å². The molecule has 0 aromatic heterocycles. The van der Waals surface area contributed by atoms with Crippen LogP contribution in [0.1, 0.15) is 24.0 Å². The first-order valence-corrected chi connectivity index (χ1v) is 9.56. The number of rotatable bonds is 5. The summed E-state index contributed by atoms with van der Waals surface area (Å²) in [5.74, 6) is -1.47. The Morgan fingerprint density at radius 3 is 2.59 bits per heavy atom. The monoisotopic (exact) mass is 448 g/mol. The van der Waals surface area contributed by atoms with Crippen LogP contribution < -0.4 is 16.1 Å². The van der Waals surface area contributed by atoms with Crippen molar-refractivity contribution in [3.05, 3.63) is 57.0 Å². The molecule has 2 aromatic rings.